The summed E-state index contributed by atoms with van der Waals surface area (Å²) in [5.74, 6) is 0.692. The Hall–Kier alpha value is -2.82. The summed E-state index contributed by atoms with van der Waals surface area (Å²) in [6.45, 7) is 9.92. The molecule has 9 nitrogen and oxygen atoms in total. The van der Waals surface area contributed by atoms with Crippen LogP contribution in [-0.4, -0.2) is 83.2 Å². The fraction of sp³-hybridized carbons (Fsp3) is 0.458. The Labute approximate surface area is 201 Å². The normalized spacial score (nSPS) is 16.7. The van der Waals surface area contributed by atoms with Crippen LogP contribution < -0.4 is 19.5 Å². The van der Waals surface area contributed by atoms with E-state index >= 15 is 0 Å². The number of ether oxygens (including phenoxy) is 2. The van der Waals surface area contributed by atoms with E-state index in [9.17, 15) is 13.2 Å². The lowest BCUT2D eigenvalue weighted by atomic mass is 10.2. The fourth-order valence-electron chi connectivity index (χ4n) is 4.06. The molecule has 2 aromatic carbocycles. The molecule has 0 bridgehead atoms. The number of nitrogens with one attached hydrogen (secondary N) is 2. The number of piperazine rings is 1. The maximum Gasteiger partial charge on any atom is 0.262 e. The molecule has 2 N–H and O–H groups in total. The number of amides is 1. The molecule has 0 aliphatic carbocycles. The number of carbonyl (C=O) groups excluding carboxylic acids is 1. The number of anilines is 1. The molecule has 184 valence electrons. The predicted molar refractivity (Wildman–Crippen MR) is 130 cm³/mol. The molecule has 0 aromatic heterocycles. The molecule has 2 heterocycles. The Morgan fingerprint density at radius 1 is 0.971 bits per heavy atom. The summed E-state index contributed by atoms with van der Waals surface area (Å²) in [6.07, 6.45) is 0.869. The van der Waals surface area contributed by atoms with E-state index in [0.29, 0.717) is 42.5 Å². The van der Waals surface area contributed by atoms with Crippen molar-refractivity contribution in [2.45, 2.75) is 18.2 Å². The number of nitrogens with zero attached hydrogens (tertiary/aromatic N) is 2. The maximum atomic E-state index is 12.9. The van der Waals surface area contributed by atoms with Gasteiger partial charge in [0.15, 0.2) is 11.5 Å². The van der Waals surface area contributed by atoms with Gasteiger partial charge in [-0.3, -0.25) is 9.52 Å². The molecule has 4 rings (SSSR count). The third kappa shape index (κ3) is 6.19. The van der Waals surface area contributed by atoms with Crippen LogP contribution in [0.4, 0.5) is 5.69 Å². The largest absolute Gasteiger partial charge is 0.486 e. The average molecular weight is 489 g/mol. The first-order chi connectivity index (χ1) is 16.4. The van der Waals surface area contributed by atoms with E-state index in [1.54, 1.807) is 24.3 Å². The van der Waals surface area contributed by atoms with E-state index in [-0.39, 0.29) is 10.8 Å². The molecule has 1 fully saturated rings. The minimum Gasteiger partial charge on any atom is -0.486 e. The Morgan fingerprint density at radius 2 is 1.71 bits per heavy atom. The molecule has 2 aliphatic heterocycles. The first-order valence-corrected chi connectivity index (χ1v) is 13.2. The monoisotopic (exact) mass is 488 g/mol. The topological polar surface area (TPSA) is 100 Å². The van der Waals surface area contributed by atoms with Gasteiger partial charge in [-0.1, -0.05) is 13.0 Å². The van der Waals surface area contributed by atoms with Gasteiger partial charge in [0.25, 0.3) is 15.9 Å². The Bertz CT molecular complexity index is 1100. The van der Waals surface area contributed by atoms with Gasteiger partial charge in [0.2, 0.25) is 0 Å². The number of likely N-dealkylation sites (N-methyl/N-ethyl adjacent to an activating group) is 1. The van der Waals surface area contributed by atoms with Crippen molar-refractivity contribution in [3.63, 3.8) is 0 Å². The summed E-state index contributed by atoms with van der Waals surface area (Å²) in [5, 5.41) is 2.93. The molecule has 0 atom stereocenters. The lowest BCUT2D eigenvalue weighted by Gasteiger charge is -2.33. The highest BCUT2D eigenvalue weighted by Gasteiger charge is 2.20. The molecule has 10 heteroatoms. The summed E-state index contributed by atoms with van der Waals surface area (Å²) in [7, 11) is -3.85. The molecule has 2 aromatic rings. The molecular formula is C24H32N4O5S. The molecule has 2 aliphatic rings. The van der Waals surface area contributed by atoms with Gasteiger partial charge >= 0.3 is 0 Å². The zero-order chi connectivity index (χ0) is 24.0. The van der Waals surface area contributed by atoms with Crippen LogP contribution in [0.25, 0.3) is 0 Å². The van der Waals surface area contributed by atoms with E-state index in [4.69, 9.17) is 9.47 Å². The van der Waals surface area contributed by atoms with Gasteiger partial charge in [0, 0.05) is 50.0 Å². The molecular weight excluding hydrogens is 456 g/mol. The number of rotatable bonds is 9. The summed E-state index contributed by atoms with van der Waals surface area (Å²) in [6, 6.07) is 11.0. The van der Waals surface area contributed by atoms with Crippen molar-refractivity contribution in [2.75, 3.05) is 63.7 Å². The van der Waals surface area contributed by atoms with Crippen LogP contribution in [0.3, 0.4) is 0 Å². The van der Waals surface area contributed by atoms with E-state index < -0.39 is 10.0 Å². The second-order valence-electron chi connectivity index (χ2n) is 8.38. The highest BCUT2D eigenvalue weighted by molar-refractivity contribution is 7.92. The van der Waals surface area contributed by atoms with E-state index in [1.165, 1.54) is 18.2 Å². The summed E-state index contributed by atoms with van der Waals surface area (Å²) in [5.41, 5.74) is 0.718. The standard InChI is InChI=1S/C24H32N4O5S/c1-2-27-11-13-28(14-12-27)10-4-9-25-24(29)19-5-3-6-20(17-19)26-34(30,31)21-7-8-22-23(18-21)33-16-15-32-22/h3,5-8,17-18,26H,2,4,9-16H2,1H3,(H,25,29). The number of benzene rings is 2. The van der Waals surface area contributed by atoms with Crippen molar-refractivity contribution in [2.24, 2.45) is 0 Å². The zero-order valence-electron chi connectivity index (χ0n) is 19.5. The first kappa shape index (κ1) is 24.3. The lowest BCUT2D eigenvalue weighted by molar-refractivity contribution is 0.0948. The number of hydrogen-bond donors (Lipinski definition) is 2. The van der Waals surface area contributed by atoms with E-state index in [1.807, 2.05) is 0 Å². The molecule has 1 amide bonds. The van der Waals surface area contributed by atoms with Gasteiger partial charge in [-0.25, -0.2) is 8.42 Å². The summed E-state index contributed by atoms with van der Waals surface area (Å²) >= 11 is 0. The highest BCUT2D eigenvalue weighted by Crippen LogP contribution is 2.32. The Kier molecular flexibility index (Phi) is 7.91. The lowest BCUT2D eigenvalue weighted by Crippen LogP contribution is -2.46. The van der Waals surface area contributed by atoms with Crippen molar-refractivity contribution in [1.82, 2.24) is 15.1 Å². The van der Waals surface area contributed by atoms with Crippen LogP contribution in [0.15, 0.2) is 47.4 Å². The minimum absolute atomic E-state index is 0.0615. The molecule has 34 heavy (non-hydrogen) atoms. The Morgan fingerprint density at radius 3 is 2.47 bits per heavy atom. The minimum atomic E-state index is -3.85. The Balaban J connectivity index is 1.29. The highest BCUT2D eigenvalue weighted by atomic mass is 32.2. The van der Waals surface area contributed by atoms with Crippen LogP contribution >= 0.6 is 0 Å². The number of sulfonamides is 1. The van der Waals surface area contributed by atoms with Crippen LogP contribution in [0.5, 0.6) is 11.5 Å². The molecule has 0 saturated carbocycles. The second-order valence-corrected chi connectivity index (χ2v) is 10.1. The SMILES string of the molecule is CCN1CCN(CCCNC(=O)c2cccc(NS(=O)(=O)c3ccc4c(c3)OCCO4)c2)CC1. The van der Waals surface area contributed by atoms with Crippen LogP contribution in [-0.2, 0) is 10.0 Å². The van der Waals surface area contributed by atoms with Crippen molar-refractivity contribution < 1.29 is 22.7 Å². The first-order valence-electron chi connectivity index (χ1n) is 11.7. The van der Waals surface area contributed by atoms with Crippen LogP contribution in [0.1, 0.15) is 23.7 Å². The third-order valence-corrected chi connectivity index (χ3v) is 7.43. The van der Waals surface area contributed by atoms with Gasteiger partial charge in [-0.05, 0) is 49.8 Å². The summed E-state index contributed by atoms with van der Waals surface area (Å²) in [4.78, 5) is 17.5. The van der Waals surface area contributed by atoms with Crippen molar-refractivity contribution in [3.05, 3.63) is 48.0 Å². The molecule has 0 spiro atoms. The third-order valence-electron chi connectivity index (χ3n) is 6.05. The van der Waals surface area contributed by atoms with E-state index in [2.05, 4.69) is 26.8 Å². The molecule has 0 unspecified atom stereocenters. The van der Waals surface area contributed by atoms with Gasteiger partial charge < -0.3 is 24.6 Å². The van der Waals surface area contributed by atoms with Gasteiger partial charge in [0.1, 0.15) is 13.2 Å². The van der Waals surface area contributed by atoms with Gasteiger partial charge in [0.05, 0.1) is 4.90 Å². The molecule has 1 saturated heterocycles. The van der Waals surface area contributed by atoms with Crippen molar-refractivity contribution >= 4 is 21.6 Å². The van der Waals surface area contributed by atoms with Crippen molar-refractivity contribution in [1.29, 1.82) is 0 Å². The predicted octanol–water partition coefficient (Wildman–Crippen LogP) is 2.02. The number of carbonyl (C=O) groups is 1. The van der Waals surface area contributed by atoms with Gasteiger partial charge in [-0.15, -0.1) is 0 Å². The maximum absolute atomic E-state index is 12.9. The summed E-state index contributed by atoms with van der Waals surface area (Å²) < 4.78 is 39.2. The quantitative estimate of drug-likeness (QED) is 0.521. The number of hydrogen-bond acceptors (Lipinski definition) is 7. The van der Waals surface area contributed by atoms with E-state index in [0.717, 1.165) is 45.7 Å². The van der Waals surface area contributed by atoms with Crippen LogP contribution in [0, 0.1) is 0 Å². The van der Waals surface area contributed by atoms with Crippen molar-refractivity contribution in [3.8, 4) is 11.5 Å². The number of fused-ring (bicyclic) bond motifs is 1. The van der Waals surface area contributed by atoms with Gasteiger partial charge in [-0.2, -0.15) is 0 Å². The smallest absolute Gasteiger partial charge is 0.262 e. The van der Waals surface area contributed by atoms with Crippen LogP contribution in [0.2, 0.25) is 0 Å². The zero-order valence-corrected chi connectivity index (χ0v) is 20.3. The molecule has 0 radical (unpaired) electrons. The average Bonchev–Trinajstić information content (AvgIpc) is 2.86. The fourth-order valence-corrected chi connectivity index (χ4v) is 5.13. The second kappa shape index (κ2) is 11.1.